The molecule has 1 aromatic rings. The van der Waals surface area contributed by atoms with E-state index in [0.29, 0.717) is 13.0 Å². The van der Waals surface area contributed by atoms with Crippen LogP contribution in [0.25, 0.3) is 0 Å². The summed E-state index contributed by atoms with van der Waals surface area (Å²) in [5.41, 5.74) is 7.95. The van der Waals surface area contributed by atoms with Crippen molar-refractivity contribution >= 4 is 5.91 Å². The Hall–Kier alpha value is -1.35. The molecular formula is C15H22N2O. The molecular weight excluding hydrogens is 224 g/mol. The van der Waals surface area contributed by atoms with E-state index in [1.807, 2.05) is 31.2 Å². The van der Waals surface area contributed by atoms with Crippen LogP contribution in [0.4, 0.5) is 0 Å². The zero-order chi connectivity index (χ0) is 13.0. The second-order valence-corrected chi connectivity index (χ2v) is 5.34. The summed E-state index contributed by atoms with van der Waals surface area (Å²) < 4.78 is 0. The van der Waals surface area contributed by atoms with Gasteiger partial charge in [0.05, 0.1) is 12.0 Å². The van der Waals surface area contributed by atoms with Gasteiger partial charge in [-0.15, -0.1) is 0 Å². The lowest BCUT2D eigenvalue weighted by molar-refractivity contribution is -0.122. The second kappa shape index (κ2) is 5.53. The number of rotatable bonds is 4. The summed E-state index contributed by atoms with van der Waals surface area (Å²) in [4.78, 5) is 12.1. The van der Waals surface area contributed by atoms with Crippen LogP contribution in [-0.4, -0.2) is 18.0 Å². The topological polar surface area (TPSA) is 55.1 Å². The molecule has 3 heteroatoms. The van der Waals surface area contributed by atoms with Crippen molar-refractivity contribution < 1.29 is 4.79 Å². The maximum absolute atomic E-state index is 12.1. The molecule has 0 spiro atoms. The van der Waals surface area contributed by atoms with E-state index in [1.165, 1.54) is 18.4 Å². The number of nitrogens with one attached hydrogen (secondary N) is 1. The monoisotopic (exact) mass is 246 g/mol. The van der Waals surface area contributed by atoms with Crippen LogP contribution in [0.15, 0.2) is 24.3 Å². The van der Waals surface area contributed by atoms with Gasteiger partial charge in [-0.25, -0.2) is 0 Å². The fourth-order valence-electron chi connectivity index (χ4n) is 2.75. The van der Waals surface area contributed by atoms with E-state index in [1.54, 1.807) is 0 Å². The van der Waals surface area contributed by atoms with Crippen LogP contribution in [0, 0.1) is 6.92 Å². The van der Waals surface area contributed by atoms with Gasteiger partial charge in [0.2, 0.25) is 5.91 Å². The van der Waals surface area contributed by atoms with E-state index in [4.69, 9.17) is 5.73 Å². The van der Waals surface area contributed by atoms with E-state index in [-0.39, 0.29) is 11.4 Å². The molecule has 18 heavy (non-hydrogen) atoms. The Morgan fingerprint density at radius 2 is 2.00 bits per heavy atom. The Labute approximate surface area is 109 Å². The lowest BCUT2D eigenvalue weighted by atomic mass is 9.97. The molecule has 1 aromatic carbocycles. The molecule has 1 aliphatic carbocycles. The smallest absolute Gasteiger partial charge is 0.224 e. The number of amides is 1. The second-order valence-electron chi connectivity index (χ2n) is 5.34. The van der Waals surface area contributed by atoms with Gasteiger partial charge in [-0.05, 0) is 30.9 Å². The largest absolute Gasteiger partial charge is 0.349 e. The summed E-state index contributed by atoms with van der Waals surface area (Å²) in [7, 11) is 0. The summed E-state index contributed by atoms with van der Waals surface area (Å²) in [6.45, 7) is 2.59. The molecule has 0 aliphatic heterocycles. The lowest BCUT2D eigenvalue weighted by Gasteiger charge is -2.28. The minimum atomic E-state index is -0.139. The highest BCUT2D eigenvalue weighted by Crippen LogP contribution is 2.28. The molecule has 0 saturated heterocycles. The number of hydrogen-bond acceptors (Lipinski definition) is 2. The van der Waals surface area contributed by atoms with Crippen molar-refractivity contribution in [2.75, 3.05) is 6.54 Å². The molecule has 1 saturated carbocycles. The molecule has 1 aliphatic rings. The summed E-state index contributed by atoms with van der Waals surface area (Å²) in [6, 6.07) is 8.02. The van der Waals surface area contributed by atoms with Gasteiger partial charge < -0.3 is 11.1 Å². The van der Waals surface area contributed by atoms with Gasteiger partial charge in [-0.3, -0.25) is 4.79 Å². The minimum Gasteiger partial charge on any atom is -0.349 e. The van der Waals surface area contributed by atoms with Crippen LogP contribution < -0.4 is 11.1 Å². The fourth-order valence-corrected chi connectivity index (χ4v) is 2.75. The van der Waals surface area contributed by atoms with E-state index >= 15 is 0 Å². The van der Waals surface area contributed by atoms with Crippen LogP contribution >= 0.6 is 0 Å². The number of carbonyl (C=O) groups excluding carboxylic acids is 1. The quantitative estimate of drug-likeness (QED) is 0.853. The van der Waals surface area contributed by atoms with E-state index < -0.39 is 0 Å². The normalized spacial score (nSPS) is 17.7. The predicted octanol–water partition coefficient (Wildman–Crippen LogP) is 1.93. The maximum atomic E-state index is 12.1. The van der Waals surface area contributed by atoms with Crippen molar-refractivity contribution in [3.8, 4) is 0 Å². The SMILES string of the molecule is Cc1ccccc1CC(=O)NC1(CN)CCCC1. The molecule has 0 bridgehead atoms. The number of hydrogen-bond donors (Lipinski definition) is 2. The van der Waals surface area contributed by atoms with Crippen LogP contribution in [0.3, 0.4) is 0 Å². The highest BCUT2D eigenvalue weighted by atomic mass is 16.1. The summed E-state index contributed by atoms with van der Waals surface area (Å²) in [5.74, 6) is 0.0941. The average Bonchev–Trinajstić information content (AvgIpc) is 2.81. The van der Waals surface area contributed by atoms with E-state index in [9.17, 15) is 4.79 Å². The predicted molar refractivity (Wildman–Crippen MR) is 73.3 cm³/mol. The van der Waals surface area contributed by atoms with Crippen molar-refractivity contribution in [1.82, 2.24) is 5.32 Å². The number of aryl methyl sites for hydroxylation is 1. The summed E-state index contributed by atoms with van der Waals surface area (Å²) in [5, 5.41) is 3.15. The molecule has 1 amide bonds. The van der Waals surface area contributed by atoms with Crippen LogP contribution in [0.5, 0.6) is 0 Å². The summed E-state index contributed by atoms with van der Waals surface area (Å²) >= 11 is 0. The van der Waals surface area contributed by atoms with Crippen molar-refractivity contribution in [1.29, 1.82) is 0 Å². The Kier molecular flexibility index (Phi) is 4.02. The highest BCUT2D eigenvalue weighted by Gasteiger charge is 2.33. The van der Waals surface area contributed by atoms with Crippen molar-refractivity contribution in [2.45, 2.75) is 44.6 Å². The van der Waals surface area contributed by atoms with E-state index in [2.05, 4.69) is 5.32 Å². The molecule has 0 radical (unpaired) electrons. The first-order valence-corrected chi connectivity index (χ1v) is 6.71. The minimum absolute atomic E-state index is 0.0941. The average molecular weight is 246 g/mol. The number of carbonyl (C=O) groups is 1. The molecule has 0 atom stereocenters. The Balaban J connectivity index is 1.98. The zero-order valence-electron chi connectivity index (χ0n) is 11.0. The lowest BCUT2D eigenvalue weighted by Crippen LogP contribution is -2.52. The van der Waals surface area contributed by atoms with Crippen LogP contribution in [0.2, 0.25) is 0 Å². The van der Waals surface area contributed by atoms with Gasteiger partial charge in [0.25, 0.3) is 0 Å². The molecule has 0 aromatic heterocycles. The van der Waals surface area contributed by atoms with Gasteiger partial charge in [0, 0.05) is 6.54 Å². The van der Waals surface area contributed by atoms with Gasteiger partial charge >= 0.3 is 0 Å². The maximum Gasteiger partial charge on any atom is 0.224 e. The number of benzene rings is 1. The van der Waals surface area contributed by atoms with Gasteiger partial charge in [-0.1, -0.05) is 37.1 Å². The number of nitrogens with two attached hydrogens (primary N) is 1. The molecule has 3 N–H and O–H groups in total. The van der Waals surface area contributed by atoms with Gasteiger partial charge in [0.15, 0.2) is 0 Å². The first kappa shape index (κ1) is 13.1. The van der Waals surface area contributed by atoms with Crippen molar-refractivity contribution in [3.63, 3.8) is 0 Å². The standard InChI is InChI=1S/C15H22N2O/c1-12-6-2-3-7-13(12)10-14(18)17-15(11-16)8-4-5-9-15/h2-3,6-7H,4-5,8-11,16H2,1H3,(H,17,18). The van der Waals surface area contributed by atoms with Crippen molar-refractivity contribution in [2.24, 2.45) is 5.73 Å². The summed E-state index contributed by atoms with van der Waals surface area (Å²) in [6.07, 6.45) is 4.82. The highest BCUT2D eigenvalue weighted by molar-refractivity contribution is 5.79. The van der Waals surface area contributed by atoms with Crippen molar-refractivity contribution in [3.05, 3.63) is 35.4 Å². The Morgan fingerprint density at radius 1 is 1.33 bits per heavy atom. The molecule has 1 fully saturated rings. The van der Waals surface area contributed by atoms with E-state index in [0.717, 1.165) is 18.4 Å². The molecule has 2 rings (SSSR count). The first-order chi connectivity index (χ1) is 8.65. The first-order valence-electron chi connectivity index (χ1n) is 6.71. The third-order valence-corrected chi connectivity index (χ3v) is 3.97. The molecule has 0 unspecified atom stereocenters. The third kappa shape index (κ3) is 2.91. The molecule has 98 valence electrons. The van der Waals surface area contributed by atoms with Gasteiger partial charge in [0.1, 0.15) is 0 Å². The van der Waals surface area contributed by atoms with Crippen LogP contribution in [-0.2, 0) is 11.2 Å². The third-order valence-electron chi connectivity index (χ3n) is 3.97. The Bertz CT molecular complexity index is 422. The van der Waals surface area contributed by atoms with Gasteiger partial charge in [-0.2, -0.15) is 0 Å². The fraction of sp³-hybridized carbons (Fsp3) is 0.533. The Morgan fingerprint density at radius 3 is 2.61 bits per heavy atom. The van der Waals surface area contributed by atoms with Crippen LogP contribution in [0.1, 0.15) is 36.8 Å². The molecule has 3 nitrogen and oxygen atoms in total. The molecule has 0 heterocycles. The zero-order valence-corrected chi connectivity index (χ0v) is 11.0.